The highest BCUT2D eigenvalue weighted by atomic mass is 16.6. The summed E-state index contributed by atoms with van der Waals surface area (Å²) in [6.07, 6.45) is 0.400. The van der Waals surface area contributed by atoms with Crippen LogP contribution in [0.2, 0.25) is 0 Å². The first kappa shape index (κ1) is 30.5. The molecule has 1 atom stereocenters. The zero-order chi connectivity index (χ0) is 33.3. The second-order valence-electron chi connectivity index (χ2n) is 10.3. The number of ether oxygens (including phenoxy) is 2. The number of nitrogens with zero attached hydrogens (tertiary/aromatic N) is 6. The average Bonchev–Trinajstić information content (AvgIpc) is 3.37. The highest BCUT2D eigenvalue weighted by Crippen LogP contribution is 2.57. The van der Waals surface area contributed by atoms with Crippen LogP contribution in [0.5, 0.6) is 11.5 Å². The summed E-state index contributed by atoms with van der Waals surface area (Å²) in [6, 6.07) is 12.4. The fourth-order valence-electron chi connectivity index (χ4n) is 5.52. The van der Waals surface area contributed by atoms with E-state index in [1.165, 1.54) is 65.7 Å². The number of hydrogen-bond acceptors (Lipinski definition) is 13. The predicted molar refractivity (Wildman–Crippen MR) is 162 cm³/mol. The molecule has 17 nitrogen and oxygen atoms in total. The zero-order valence-corrected chi connectivity index (χ0v) is 24.1. The fraction of sp³-hybridized carbons (Fsp3) is 0.167. The van der Waals surface area contributed by atoms with Gasteiger partial charge < -0.3 is 25.7 Å². The van der Waals surface area contributed by atoms with Gasteiger partial charge in [0.25, 0.3) is 5.91 Å². The van der Waals surface area contributed by atoms with E-state index in [0.29, 0.717) is 16.7 Å². The number of hydrogen-bond donors (Lipinski definition) is 4. The number of aliphatic hydroxyl groups excluding tert-OH is 1. The number of esters is 1. The molecule has 3 aliphatic heterocycles. The highest BCUT2D eigenvalue weighted by molar-refractivity contribution is 6.00. The molecule has 3 heterocycles. The molecule has 0 saturated carbocycles. The van der Waals surface area contributed by atoms with E-state index in [1.54, 1.807) is 0 Å². The third kappa shape index (κ3) is 5.18. The molecule has 0 bridgehead atoms. The summed E-state index contributed by atoms with van der Waals surface area (Å²) < 4.78 is 12.1. The molecule has 236 valence electrons. The number of benzene rings is 3. The van der Waals surface area contributed by atoms with Crippen LogP contribution in [-0.4, -0.2) is 58.8 Å². The summed E-state index contributed by atoms with van der Waals surface area (Å²) in [5, 5.41) is 25.5. The van der Waals surface area contributed by atoms with Gasteiger partial charge in [0.2, 0.25) is 0 Å². The monoisotopic (exact) mass is 637 g/mol. The molecule has 0 radical (unpaired) electrons. The summed E-state index contributed by atoms with van der Waals surface area (Å²) in [4.78, 5) is 62.7. The van der Waals surface area contributed by atoms with Crippen molar-refractivity contribution in [3.05, 3.63) is 104 Å². The quantitative estimate of drug-likeness (QED) is 0.0561. The van der Waals surface area contributed by atoms with Crippen molar-refractivity contribution in [2.75, 3.05) is 19.7 Å². The number of carbonyl (C=O) groups excluding carboxylic acids is 3. The van der Waals surface area contributed by atoms with Gasteiger partial charge in [-0.15, -0.1) is 14.9 Å². The molecular formula is C30H23N9O8. The van der Waals surface area contributed by atoms with Crippen LogP contribution in [0.25, 0.3) is 0 Å². The Morgan fingerprint density at radius 1 is 1.02 bits per heavy atom. The third-order valence-electron chi connectivity index (χ3n) is 7.61. The van der Waals surface area contributed by atoms with Crippen LogP contribution in [0.3, 0.4) is 0 Å². The van der Waals surface area contributed by atoms with Crippen LogP contribution in [0.15, 0.2) is 87.1 Å². The van der Waals surface area contributed by atoms with Crippen molar-refractivity contribution in [3.63, 3.8) is 0 Å². The Hall–Kier alpha value is -6.51. The SMILES string of the molecule is NN=NC1NC(=O)N(CCO)C=C1C#CCN(N)C(=O)c1ccc2c(c1)C1(OC2=O)c2ccc(N=O)cc2Oc2cc(N=O)ccc21. The number of urea groups is 1. The Bertz CT molecular complexity index is 1930. The summed E-state index contributed by atoms with van der Waals surface area (Å²) in [5.74, 6) is 15.7. The van der Waals surface area contributed by atoms with Crippen LogP contribution in [-0.2, 0) is 10.3 Å². The van der Waals surface area contributed by atoms with Crippen LogP contribution in [0.4, 0.5) is 16.2 Å². The lowest BCUT2D eigenvalue weighted by Crippen LogP contribution is -2.47. The first-order valence-electron chi connectivity index (χ1n) is 13.8. The number of nitroso groups, excluding NO2 is 2. The number of hydrazine groups is 1. The van der Waals surface area contributed by atoms with Gasteiger partial charge >= 0.3 is 12.0 Å². The molecule has 17 heteroatoms. The minimum Gasteiger partial charge on any atom is -0.456 e. The van der Waals surface area contributed by atoms with Crippen molar-refractivity contribution in [2.24, 2.45) is 32.4 Å². The van der Waals surface area contributed by atoms with Gasteiger partial charge in [-0.05, 0) is 52.8 Å². The lowest BCUT2D eigenvalue weighted by Gasteiger charge is -2.36. The van der Waals surface area contributed by atoms with Crippen LogP contribution < -0.4 is 21.7 Å². The molecule has 0 aromatic heterocycles. The first-order valence-corrected chi connectivity index (χ1v) is 13.8. The summed E-state index contributed by atoms with van der Waals surface area (Å²) >= 11 is 0. The van der Waals surface area contributed by atoms with E-state index in [9.17, 15) is 29.3 Å². The van der Waals surface area contributed by atoms with Gasteiger partial charge in [-0.1, -0.05) is 17.1 Å². The van der Waals surface area contributed by atoms with E-state index in [1.807, 2.05) is 0 Å². The topological polar surface area (TPSA) is 244 Å². The van der Waals surface area contributed by atoms with E-state index < -0.39 is 29.7 Å². The second-order valence-corrected chi connectivity index (χ2v) is 10.3. The van der Waals surface area contributed by atoms with Gasteiger partial charge in [0, 0.05) is 40.6 Å². The second kappa shape index (κ2) is 12.1. The van der Waals surface area contributed by atoms with E-state index in [4.69, 9.17) is 21.2 Å². The van der Waals surface area contributed by atoms with Crippen molar-refractivity contribution in [1.82, 2.24) is 15.2 Å². The molecular weight excluding hydrogens is 614 g/mol. The normalized spacial score (nSPS) is 16.9. The molecule has 1 unspecified atom stereocenters. The standard InChI is InChI=1S/C30H23N9O8/c31-37-34-26-17(15-38(10-11-40)29(43)33-26)2-1-9-39(32)27(41)16-3-6-20-23(12-16)30(47-28(20)42)21-7-4-18(35-44)13-24(21)46-25-14-19(36-45)5-8-22(25)30/h3-8,12-15,26,40H,9-11,32H2,(H2,31,34)(H,33,43). The smallest absolute Gasteiger partial charge is 0.340 e. The number of amides is 3. The number of nitrogens with two attached hydrogens (primary N) is 2. The zero-order valence-electron chi connectivity index (χ0n) is 24.1. The van der Waals surface area contributed by atoms with Gasteiger partial charge in [0.15, 0.2) is 11.8 Å². The molecule has 3 amide bonds. The van der Waals surface area contributed by atoms with Crippen molar-refractivity contribution >= 4 is 29.3 Å². The van der Waals surface area contributed by atoms with Crippen molar-refractivity contribution in [3.8, 4) is 23.3 Å². The Morgan fingerprint density at radius 3 is 2.32 bits per heavy atom. The molecule has 6 N–H and O–H groups in total. The number of nitrogens with one attached hydrogen (secondary N) is 1. The summed E-state index contributed by atoms with van der Waals surface area (Å²) in [5.41, 5.74) is -0.00920. The minimum atomic E-state index is -1.63. The number of fused-ring (bicyclic) bond motifs is 6. The largest absolute Gasteiger partial charge is 0.456 e. The number of carbonyl (C=O) groups is 3. The van der Waals surface area contributed by atoms with E-state index in [2.05, 4.69) is 37.8 Å². The average molecular weight is 638 g/mol. The maximum absolute atomic E-state index is 13.5. The van der Waals surface area contributed by atoms with Crippen LogP contribution in [0, 0.1) is 21.7 Å². The van der Waals surface area contributed by atoms with Gasteiger partial charge in [0.1, 0.15) is 22.9 Å². The van der Waals surface area contributed by atoms with Crippen LogP contribution >= 0.6 is 0 Å². The molecule has 1 spiro atoms. The molecule has 6 rings (SSSR count). The van der Waals surface area contributed by atoms with Gasteiger partial charge in [-0.25, -0.2) is 15.4 Å². The van der Waals surface area contributed by atoms with E-state index in [0.717, 1.165) is 5.01 Å². The van der Waals surface area contributed by atoms with Crippen LogP contribution in [0.1, 0.15) is 37.4 Å². The van der Waals surface area contributed by atoms with Crippen molar-refractivity contribution < 1.29 is 29.0 Å². The lowest BCUT2D eigenvalue weighted by atomic mass is 9.77. The molecule has 3 aromatic rings. The molecule has 0 saturated heterocycles. The molecule has 3 aliphatic rings. The minimum absolute atomic E-state index is 0.00237. The van der Waals surface area contributed by atoms with E-state index in [-0.39, 0.29) is 59.3 Å². The Morgan fingerprint density at radius 2 is 1.70 bits per heavy atom. The third-order valence-corrected chi connectivity index (χ3v) is 7.61. The fourth-order valence-corrected chi connectivity index (χ4v) is 5.52. The molecule has 3 aromatic carbocycles. The molecule has 0 fully saturated rings. The number of rotatable bonds is 7. The first-order chi connectivity index (χ1) is 22.7. The number of β-amino-alcohol motifs (C(OH)–C–C–N with tert-alkyl or cyclic N) is 1. The molecule has 0 aliphatic carbocycles. The van der Waals surface area contributed by atoms with Gasteiger partial charge in [0.05, 0.1) is 30.8 Å². The maximum atomic E-state index is 13.5. The van der Waals surface area contributed by atoms with Gasteiger partial charge in [-0.3, -0.25) is 14.7 Å². The van der Waals surface area contributed by atoms with Crippen molar-refractivity contribution in [2.45, 2.75) is 11.8 Å². The Labute approximate surface area is 264 Å². The van der Waals surface area contributed by atoms with Gasteiger partial charge in [-0.2, -0.15) is 0 Å². The maximum Gasteiger partial charge on any atom is 0.340 e. The molecule has 47 heavy (non-hydrogen) atoms. The van der Waals surface area contributed by atoms with E-state index >= 15 is 0 Å². The van der Waals surface area contributed by atoms with Crippen molar-refractivity contribution in [1.29, 1.82) is 0 Å². The summed E-state index contributed by atoms with van der Waals surface area (Å²) in [7, 11) is 0. The Balaban J connectivity index is 1.35. The lowest BCUT2D eigenvalue weighted by molar-refractivity contribution is 0.0224. The highest BCUT2D eigenvalue weighted by Gasteiger charge is 2.54. The Kier molecular flexibility index (Phi) is 7.87. The summed E-state index contributed by atoms with van der Waals surface area (Å²) in [6.45, 7) is -0.561. The number of aliphatic hydroxyl groups is 1. The predicted octanol–water partition coefficient (Wildman–Crippen LogP) is 2.92.